The first kappa shape index (κ1) is 14.0. The third kappa shape index (κ3) is 2.02. The lowest BCUT2D eigenvalue weighted by Crippen LogP contribution is -1.92. The zero-order valence-corrected chi connectivity index (χ0v) is 12.4. The Kier molecular flexibility index (Phi) is 3.05. The summed E-state index contributed by atoms with van der Waals surface area (Å²) < 4.78 is 20.3. The Bertz CT molecular complexity index is 1190. The van der Waals surface area contributed by atoms with Crippen LogP contribution in [0.3, 0.4) is 0 Å². The molecular formula is C20H9FN2O. The third-order valence-corrected chi connectivity index (χ3v) is 4.01. The second-order valence-electron chi connectivity index (χ2n) is 5.42. The quantitative estimate of drug-likeness (QED) is 0.489. The average Bonchev–Trinajstić information content (AvgIpc) is 2.99. The van der Waals surface area contributed by atoms with Crippen molar-refractivity contribution in [3.05, 3.63) is 71.5 Å². The number of nitriles is 2. The lowest BCUT2D eigenvalue weighted by molar-refractivity contribution is 0.627. The van der Waals surface area contributed by atoms with E-state index < -0.39 is 5.82 Å². The highest BCUT2D eigenvalue weighted by molar-refractivity contribution is 6.05. The van der Waals surface area contributed by atoms with Crippen molar-refractivity contribution < 1.29 is 8.81 Å². The SMILES string of the molecule is N#Cc1cc(C#N)c(F)c(-c2ccc3c(c2)oc2ccccc23)c1. The summed E-state index contributed by atoms with van der Waals surface area (Å²) in [6.45, 7) is 0. The minimum atomic E-state index is -0.632. The minimum Gasteiger partial charge on any atom is -0.456 e. The van der Waals surface area contributed by atoms with E-state index >= 15 is 0 Å². The fourth-order valence-corrected chi connectivity index (χ4v) is 2.87. The number of hydrogen-bond donors (Lipinski definition) is 0. The van der Waals surface area contributed by atoms with Crippen LogP contribution in [0.4, 0.5) is 4.39 Å². The van der Waals surface area contributed by atoms with Gasteiger partial charge in [-0.25, -0.2) is 4.39 Å². The Balaban J connectivity index is 1.99. The van der Waals surface area contributed by atoms with E-state index in [2.05, 4.69) is 0 Å². The second-order valence-corrected chi connectivity index (χ2v) is 5.42. The summed E-state index contributed by atoms with van der Waals surface area (Å²) >= 11 is 0. The molecule has 0 fully saturated rings. The number of rotatable bonds is 1. The maximum Gasteiger partial charge on any atom is 0.148 e. The zero-order chi connectivity index (χ0) is 16.7. The number of furan rings is 1. The Labute approximate surface area is 136 Å². The van der Waals surface area contributed by atoms with Crippen LogP contribution in [0.2, 0.25) is 0 Å². The van der Waals surface area contributed by atoms with E-state index in [1.54, 1.807) is 18.2 Å². The molecule has 0 N–H and O–H groups in total. The van der Waals surface area contributed by atoms with Crippen molar-refractivity contribution in [3.8, 4) is 23.3 Å². The first-order valence-electron chi connectivity index (χ1n) is 7.26. The highest BCUT2D eigenvalue weighted by Crippen LogP contribution is 2.33. The van der Waals surface area contributed by atoms with E-state index in [-0.39, 0.29) is 16.7 Å². The van der Waals surface area contributed by atoms with E-state index in [4.69, 9.17) is 14.9 Å². The van der Waals surface area contributed by atoms with Crippen molar-refractivity contribution >= 4 is 21.9 Å². The molecule has 0 saturated carbocycles. The first-order valence-corrected chi connectivity index (χ1v) is 7.26. The number of hydrogen-bond acceptors (Lipinski definition) is 3. The van der Waals surface area contributed by atoms with Crippen molar-refractivity contribution in [1.82, 2.24) is 0 Å². The monoisotopic (exact) mass is 312 g/mol. The Morgan fingerprint density at radius 3 is 2.42 bits per heavy atom. The summed E-state index contributed by atoms with van der Waals surface area (Å²) in [5.41, 5.74) is 2.27. The first-order chi connectivity index (χ1) is 11.7. The van der Waals surface area contributed by atoms with E-state index in [0.717, 1.165) is 16.4 Å². The molecule has 24 heavy (non-hydrogen) atoms. The Hall–Kier alpha value is -3.63. The summed E-state index contributed by atoms with van der Waals surface area (Å²) in [4.78, 5) is 0. The average molecular weight is 312 g/mol. The maximum absolute atomic E-state index is 14.5. The van der Waals surface area contributed by atoms with Crippen molar-refractivity contribution in [2.75, 3.05) is 0 Å². The van der Waals surface area contributed by atoms with Gasteiger partial charge in [-0.05, 0) is 35.9 Å². The van der Waals surface area contributed by atoms with Crippen LogP contribution in [0.1, 0.15) is 11.1 Å². The van der Waals surface area contributed by atoms with E-state index in [9.17, 15) is 4.39 Å². The van der Waals surface area contributed by atoms with E-state index in [1.807, 2.05) is 36.4 Å². The molecule has 0 radical (unpaired) electrons. The largest absolute Gasteiger partial charge is 0.456 e. The molecule has 4 heteroatoms. The Morgan fingerprint density at radius 1 is 0.833 bits per heavy atom. The van der Waals surface area contributed by atoms with Crippen LogP contribution in [0.5, 0.6) is 0 Å². The van der Waals surface area contributed by atoms with Gasteiger partial charge in [-0.2, -0.15) is 10.5 Å². The minimum absolute atomic E-state index is 0.145. The van der Waals surface area contributed by atoms with Crippen LogP contribution in [0.25, 0.3) is 33.1 Å². The fourth-order valence-electron chi connectivity index (χ4n) is 2.87. The smallest absolute Gasteiger partial charge is 0.148 e. The molecule has 0 aliphatic carbocycles. The second kappa shape index (κ2) is 5.22. The van der Waals surface area contributed by atoms with Crippen LogP contribution in [0, 0.1) is 28.5 Å². The van der Waals surface area contributed by atoms with Gasteiger partial charge in [0.05, 0.1) is 17.2 Å². The molecule has 112 valence electrons. The zero-order valence-electron chi connectivity index (χ0n) is 12.4. The van der Waals surface area contributed by atoms with Crippen LogP contribution in [-0.2, 0) is 0 Å². The topological polar surface area (TPSA) is 60.7 Å². The van der Waals surface area contributed by atoms with Crippen LogP contribution >= 0.6 is 0 Å². The molecule has 4 rings (SSSR count). The van der Waals surface area contributed by atoms with Crippen molar-refractivity contribution in [3.63, 3.8) is 0 Å². The molecule has 0 unspecified atom stereocenters. The number of nitrogens with zero attached hydrogens (tertiary/aromatic N) is 2. The van der Waals surface area contributed by atoms with Crippen molar-refractivity contribution in [2.24, 2.45) is 0 Å². The number of para-hydroxylation sites is 1. The molecule has 0 spiro atoms. The standard InChI is InChI=1S/C20H9FN2O/c21-20-14(11-23)7-12(10-22)8-17(20)13-5-6-16-15-3-1-2-4-18(15)24-19(16)9-13/h1-9H. The molecule has 0 saturated heterocycles. The van der Waals surface area contributed by atoms with Gasteiger partial charge in [0.25, 0.3) is 0 Å². The maximum atomic E-state index is 14.5. The molecule has 4 aromatic rings. The van der Waals surface area contributed by atoms with Gasteiger partial charge in [0.2, 0.25) is 0 Å². The highest BCUT2D eigenvalue weighted by atomic mass is 19.1. The molecule has 3 nitrogen and oxygen atoms in total. The van der Waals surface area contributed by atoms with Gasteiger partial charge in [-0.3, -0.25) is 0 Å². The normalized spacial score (nSPS) is 10.6. The molecule has 0 bridgehead atoms. The van der Waals surface area contributed by atoms with E-state index in [0.29, 0.717) is 11.1 Å². The van der Waals surface area contributed by atoms with Gasteiger partial charge < -0.3 is 4.42 Å². The summed E-state index contributed by atoms with van der Waals surface area (Å²) in [7, 11) is 0. The molecule has 1 heterocycles. The predicted molar refractivity (Wildman–Crippen MR) is 88.5 cm³/mol. The summed E-state index contributed by atoms with van der Waals surface area (Å²) in [5, 5.41) is 20.1. The van der Waals surface area contributed by atoms with Gasteiger partial charge >= 0.3 is 0 Å². The molecular weight excluding hydrogens is 303 g/mol. The highest BCUT2D eigenvalue weighted by Gasteiger charge is 2.14. The number of fused-ring (bicyclic) bond motifs is 3. The van der Waals surface area contributed by atoms with Crippen molar-refractivity contribution in [1.29, 1.82) is 10.5 Å². The summed E-state index contributed by atoms with van der Waals surface area (Å²) in [6.07, 6.45) is 0. The van der Waals surface area contributed by atoms with Gasteiger partial charge in [0, 0.05) is 16.3 Å². The van der Waals surface area contributed by atoms with Gasteiger partial charge in [0.15, 0.2) is 0 Å². The molecule has 0 atom stereocenters. The van der Waals surface area contributed by atoms with Crippen LogP contribution in [-0.4, -0.2) is 0 Å². The molecule has 1 aromatic heterocycles. The van der Waals surface area contributed by atoms with Crippen LogP contribution < -0.4 is 0 Å². The summed E-state index contributed by atoms with van der Waals surface area (Å²) in [5.74, 6) is -0.632. The lowest BCUT2D eigenvalue weighted by atomic mass is 9.98. The number of benzene rings is 3. The van der Waals surface area contributed by atoms with Gasteiger partial charge in [0.1, 0.15) is 23.1 Å². The summed E-state index contributed by atoms with van der Waals surface area (Å²) in [6, 6.07) is 19.5. The molecule has 3 aromatic carbocycles. The van der Waals surface area contributed by atoms with Crippen molar-refractivity contribution in [2.45, 2.75) is 0 Å². The van der Waals surface area contributed by atoms with Gasteiger partial charge in [-0.1, -0.05) is 24.3 Å². The number of halogens is 1. The van der Waals surface area contributed by atoms with Gasteiger partial charge in [-0.15, -0.1) is 0 Å². The van der Waals surface area contributed by atoms with Crippen LogP contribution in [0.15, 0.2) is 59.0 Å². The lowest BCUT2D eigenvalue weighted by Gasteiger charge is -2.06. The third-order valence-electron chi connectivity index (χ3n) is 4.01. The Morgan fingerprint density at radius 2 is 1.62 bits per heavy atom. The molecule has 0 amide bonds. The predicted octanol–water partition coefficient (Wildman–Crippen LogP) is 5.14. The molecule has 0 aliphatic rings. The molecule has 0 aliphatic heterocycles. The van der Waals surface area contributed by atoms with E-state index in [1.165, 1.54) is 12.1 Å². The fraction of sp³-hybridized carbons (Fsp3) is 0.